The van der Waals surface area contributed by atoms with E-state index in [1.807, 2.05) is 0 Å². The number of hydrogen-bond donors (Lipinski definition) is 1. The summed E-state index contributed by atoms with van der Waals surface area (Å²) < 4.78 is 129. The van der Waals surface area contributed by atoms with Crippen molar-refractivity contribution in [2.75, 3.05) is 18.1 Å². The molecule has 4 atom stereocenters. The molecule has 1 unspecified atom stereocenters. The van der Waals surface area contributed by atoms with Crippen LogP contribution in [0.2, 0.25) is 0 Å². The van der Waals surface area contributed by atoms with Crippen molar-refractivity contribution in [1.82, 2.24) is 14.1 Å². The zero-order valence-corrected chi connectivity index (χ0v) is 29.1. The van der Waals surface area contributed by atoms with Crippen molar-refractivity contribution < 1.29 is 54.2 Å². The average Bonchev–Trinajstić information content (AvgIpc) is 3.47. The summed E-state index contributed by atoms with van der Waals surface area (Å²) in [6.07, 6.45) is -14.4. The van der Waals surface area contributed by atoms with Gasteiger partial charge in [-0.25, -0.2) is 13.8 Å². The third-order valence-corrected chi connectivity index (χ3v) is 9.77. The van der Waals surface area contributed by atoms with Gasteiger partial charge in [0.2, 0.25) is 5.95 Å². The zero-order valence-electron chi connectivity index (χ0n) is 28.2. The first-order chi connectivity index (χ1) is 25.5. The van der Waals surface area contributed by atoms with Gasteiger partial charge in [-0.15, -0.1) is 9.55 Å². The minimum atomic E-state index is -5.13. The van der Waals surface area contributed by atoms with Gasteiger partial charge in [0.05, 0.1) is 37.0 Å². The summed E-state index contributed by atoms with van der Waals surface area (Å²) in [5.74, 6) is -0.861. The van der Waals surface area contributed by atoms with Crippen LogP contribution in [0.25, 0.3) is 0 Å². The lowest BCUT2D eigenvalue weighted by Gasteiger charge is -2.42. The minimum absolute atomic E-state index is 0.00444. The number of nitrogens with zero attached hydrogens (tertiary/aromatic N) is 4. The van der Waals surface area contributed by atoms with Crippen molar-refractivity contribution in [2.24, 2.45) is 0 Å². The second-order valence-electron chi connectivity index (χ2n) is 12.3. The van der Waals surface area contributed by atoms with Gasteiger partial charge in [-0.1, -0.05) is 72.8 Å². The van der Waals surface area contributed by atoms with Gasteiger partial charge in [0.25, 0.3) is 0 Å². The Morgan fingerprint density at radius 1 is 0.889 bits per heavy atom. The summed E-state index contributed by atoms with van der Waals surface area (Å²) in [6.45, 7) is 0.450. The maximum Gasteiger partial charge on any atom is 0.457 e. The van der Waals surface area contributed by atoms with Gasteiger partial charge in [0.1, 0.15) is 11.9 Å². The van der Waals surface area contributed by atoms with Crippen LogP contribution in [-0.2, 0) is 44.1 Å². The summed E-state index contributed by atoms with van der Waals surface area (Å²) in [4.78, 5) is 26.4. The van der Waals surface area contributed by atoms with Gasteiger partial charge in [-0.2, -0.15) is 26.3 Å². The zero-order chi connectivity index (χ0) is 38.8. The molecule has 4 aromatic carbocycles. The number of ether oxygens (including phenoxy) is 2. The van der Waals surface area contributed by atoms with Crippen LogP contribution in [0.15, 0.2) is 108 Å². The van der Waals surface area contributed by atoms with E-state index in [1.54, 1.807) is 60.7 Å². The first-order valence-corrected chi connectivity index (χ1v) is 17.9. The van der Waals surface area contributed by atoms with Gasteiger partial charge in [0.15, 0.2) is 6.23 Å². The predicted molar refractivity (Wildman–Crippen MR) is 181 cm³/mol. The van der Waals surface area contributed by atoms with Crippen molar-refractivity contribution >= 4 is 13.7 Å². The normalized spacial score (nSPS) is 18.4. The Balaban J connectivity index is 1.46. The first kappa shape index (κ1) is 38.9. The van der Waals surface area contributed by atoms with E-state index in [0.717, 1.165) is 16.7 Å². The van der Waals surface area contributed by atoms with Gasteiger partial charge >= 0.3 is 25.8 Å². The molecule has 1 saturated heterocycles. The third kappa shape index (κ3) is 8.77. The fourth-order valence-electron chi connectivity index (χ4n) is 5.87. The molecule has 2 heterocycles. The van der Waals surface area contributed by atoms with Crippen LogP contribution in [0.3, 0.4) is 0 Å². The largest absolute Gasteiger partial charge is 0.457 e. The fraction of sp³-hybridized carbons (Fsp3) is 0.278. The van der Waals surface area contributed by atoms with E-state index < -0.39 is 66.7 Å². The van der Waals surface area contributed by atoms with Gasteiger partial charge in [-0.05, 0) is 59.5 Å². The van der Waals surface area contributed by atoms with Crippen molar-refractivity contribution in [3.05, 3.63) is 153 Å². The molecule has 0 aliphatic carbocycles. The maximum atomic E-state index is 14.0. The number of hydrogen-bond acceptors (Lipinski definition) is 7. The molecule has 1 N–H and O–H groups in total. The molecule has 0 amide bonds. The molecule has 1 fully saturated rings. The quantitative estimate of drug-likeness (QED) is 0.106. The lowest BCUT2D eigenvalue weighted by atomic mass is 10.0. The number of halogens is 7. The fourth-order valence-corrected chi connectivity index (χ4v) is 6.81. The molecule has 5 aromatic rings. The molecular formula is C36H32F7N4O6P. The van der Waals surface area contributed by atoms with Gasteiger partial charge < -0.3 is 19.3 Å². The number of rotatable bonds is 11. The van der Waals surface area contributed by atoms with E-state index in [-0.39, 0.29) is 38.3 Å². The van der Waals surface area contributed by atoms with Crippen molar-refractivity contribution in [3.8, 4) is 0 Å². The Morgan fingerprint density at radius 2 is 1.46 bits per heavy atom. The van der Waals surface area contributed by atoms with E-state index in [2.05, 4.69) is 5.10 Å². The Bertz CT molecular complexity index is 2130. The summed E-state index contributed by atoms with van der Waals surface area (Å²) in [5.41, 5.74) is -3.28. The number of morpholine rings is 1. The molecule has 10 nitrogen and oxygen atoms in total. The topological polar surface area (TPSA) is 108 Å². The van der Waals surface area contributed by atoms with E-state index in [0.29, 0.717) is 33.3 Å². The Morgan fingerprint density at radius 3 is 2.04 bits per heavy atom. The molecule has 0 saturated carbocycles. The average molecular weight is 781 g/mol. The number of anilines is 1. The predicted octanol–water partition coefficient (Wildman–Crippen LogP) is 8.12. The SMILES string of the molecule is C[C@@H](O[C@H]1[C@@H](c2ccc(F)cc2)OCCN1c1nn(P(=O)(O)OCc2ccccc2)c(=O)n1Cc1ccccc1)c1cc(C(F)(F)F)cc(C(F)(F)F)c1. The lowest BCUT2D eigenvalue weighted by Crippen LogP contribution is -2.50. The molecule has 54 heavy (non-hydrogen) atoms. The number of benzene rings is 4. The Hall–Kier alpha value is -4.80. The molecule has 1 aliphatic rings. The van der Waals surface area contributed by atoms with Crippen LogP contribution in [0, 0.1) is 5.82 Å². The maximum absolute atomic E-state index is 14.0. The molecule has 1 aromatic heterocycles. The van der Waals surface area contributed by atoms with E-state index >= 15 is 0 Å². The van der Waals surface area contributed by atoms with Gasteiger partial charge in [0, 0.05) is 6.54 Å². The summed E-state index contributed by atoms with van der Waals surface area (Å²) in [7, 11) is -5.01. The van der Waals surface area contributed by atoms with Crippen LogP contribution >= 0.6 is 7.75 Å². The smallest absolute Gasteiger partial charge is 0.367 e. The first-order valence-electron chi connectivity index (χ1n) is 16.4. The van der Waals surface area contributed by atoms with Crippen LogP contribution in [0.4, 0.5) is 36.7 Å². The van der Waals surface area contributed by atoms with E-state index in [4.69, 9.17) is 14.0 Å². The molecular weight excluding hydrogens is 748 g/mol. The van der Waals surface area contributed by atoms with Crippen LogP contribution < -0.4 is 10.6 Å². The van der Waals surface area contributed by atoms with Crippen LogP contribution in [-0.4, -0.2) is 38.4 Å². The molecule has 286 valence electrons. The summed E-state index contributed by atoms with van der Waals surface area (Å²) in [5, 5.41) is 4.24. The van der Waals surface area contributed by atoms with Crippen molar-refractivity contribution in [3.63, 3.8) is 0 Å². The summed E-state index contributed by atoms with van der Waals surface area (Å²) >= 11 is 0. The second-order valence-corrected chi connectivity index (χ2v) is 14.0. The van der Waals surface area contributed by atoms with E-state index in [1.165, 1.54) is 24.0 Å². The number of alkyl halides is 6. The molecule has 18 heteroatoms. The highest BCUT2D eigenvalue weighted by Crippen LogP contribution is 2.44. The second kappa shape index (κ2) is 15.5. The number of aromatic nitrogens is 3. The van der Waals surface area contributed by atoms with Crippen molar-refractivity contribution in [1.29, 1.82) is 0 Å². The Kier molecular flexibility index (Phi) is 11.2. The van der Waals surface area contributed by atoms with E-state index in [9.17, 15) is 45.0 Å². The molecule has 6 rings (SSSR count). The standard InChI is InChI=1S/C36H32F7N4O6P/c1-23(27-18-28(35(38,39)40)20-29(19-27)36(41,42)43)53-32-31(26-12-14-30(37)15-13-26)51-17-16-45(32)33-44-47(34(48)46(33)21-24-8-4-2-5-9-24)54(49,50)52-22-25-10-6-3-7-11-25/h2-15,18-20,23,31-32H,16-17,21-22H2,1H3,(H,49,50)/t23-,31-,32+/m1/s1. The molecule has 1 aliphatic heterocycles. The minimum Gasteiger partial charge on any atom is -0.367 e. The van der Waals surface area contributed by atoms with Crippen LogP contribution in [0.5, 0.6) is 0 Å². The molecule has 0 radical (unpaired) electrons. The highest BCUT2D eigenvalue weighted by atomic mass is 31.2. The highest BCUT2D eigenvalue weighted by Gasteiger charge is 2.42. The van der Waals surface area contributed by atoms with Crippen LogP contribution in [0.1, 0.15) is 52.5 Å². The third-order valence-electron chi connectivity index (χ3n) is 8.57. The van der Waals surface area contributed by atoms with Crippen molar-refractivity contribution in [2.45, 2.75) is 50.9 Å². The highest BCUT2D eigenvalue weighted by molar-refractivity contribution is 7.50. The van der Waals surface area contributed by atoms with Gasteiger partial charge in [-0.3, -0.25) is 9.09 Å². The molecule has 0 spiro atoms. The molecule has 0 bridgehead atoms. The monoisotopic (exact) mass is 780 g/mol. The lowest BCUT2D eigenvalue weighted by molar-refractivity contribution is -0.143. The Labute approximate surface area is 303 Å². The summed E-state index contributed by atoms with van der Waals surface area (Å²) in [6, 6.07) is 22.9.